The maximum Gasteiger partial charge on any atom is 0.155 e. The Hall–Kier alpha value is -2.07. The van der Waals surface area contributed by atoms with Gasteiger partial charge in [-0.1, -0.05) is 26.8 Å². The molecule has 2 aromatic rings. The highest BCUT2D eigenvalue weighted by Crippen LogP contribution is 2.31. The molecule has 1 aromatic heterocycles. The minimum Gasteiger partial charge on any atom is -0.386 e. The summed E-state index contributed by atoms with van der Waals surface area (Å²) in [6.07, 6.45) is 1.25. The molecule has 1 aromatic carbocycles. The molecule has 24 heavy (non-hydrogen) atoms. The van der Waals surface area contributed by atoms with E-state index >= 15 is 0 Å². The summed E-state index contributed by atoms with van der Waals surface area (Å²) in [6, 6.07) is 6.89. The van der Waals surface area contributed by atoms with Crippen molar-refractivity contribution in [2.24, 2.45) is 0 Å². The quantitative estimate of drug-likeness (QED) is 0.781. The topological polar surface area (TPSA) is 33.1 Å². The monoisotopic (exact) mass is 333 g/mol. The second-order valence-corrected chi connectivity index (χ2v) is 6.27. The van der Waals surface area contributed by atoms with Crippen LogP contribution in [0.2, 0.25) is 0 Å². The summed E-state index contributed by atoms with van der Waals surface area (Å²) in [5.74, 6) is -1.02. The van der Waals surface area contributed by atoms with Gasteiger partial charge in [-0.2, -0.15) is 0 Å². The Morgan fingerprint density at radius 3 is 2.08 bits per heavy atom. The summed E-state index contributed by atoms with van der Waals surface area (Å²) in [4.78, 5) is 4.24. The van der Waals surface area contributed by atoms with E-state index in [-0.39, 0.29) is 11.3 Å². The molecule has 0 spiro atoms. The van der Waals surface area contributed by atoms with Crippen molar-refractivity contribution in [1.29, 1.82) is 0 Å². The maximum atomic E-state index is 14.7. The van der Waals surface area contributed by atoms with Gasteiger partial charge in [0.1, 0.15) is 11.5 Å². The van der Waals surface area contributed by atoms with E-state index in [0.29, 0.717) is 16.8 Å². The first-order valence-electron chi connectivity index (χ1n) is 7.97. The Morgan fingerprint density at radius 2 is 1.67 bits per heavy atom. The molecule has 130 valence electrons. The maximum absolute atomic E-state index is 14.7. The van der Waals surface area contributed by atoms with E-state index in [2.05, 4.69) is 25.4 Å². The minimum absolute atomic E-state index is 0.0765. The van der Waals surface area contributed by atoms with Crippen molar-refractivity contribution in [3.63, 3.8) is 0 Å². The molecule has 0 atom stereocenters. The first kappa shape index (κ1) is 20.0. The molecule has 0 bridgehead atoms. The number of hydrogen-bond donors (Lipinski definition) is 1. The molecule has 0 amide bonds. The van der Waals surface area contributed by atoms with E-state index < -0.39 is 17.2 Å². The minimum atomic E-state index is -1.36. The lowest BCUT2D eigenvalue weighted by molar-refractivity contribution is 0.0745. The third-order valence-corrected chi connectivity index (χ3v) is 3.17. The lowest BCUT2D eigenvalue weighted by Crippen LogP contribution is -2.19. The summed E-state index contributed by atoms with van der Waals surface area (Å²) in [6.45, 7) is 12.8. The van der Waals surface area contributed by atoms with Crippen molar-refractivity contribution < 1.29 is 13.9 Å². The number of aliphatic hydroxyl groups is 1. The Bertz CT molecular complexity index is 701. The van der Waals surface area contributed by atoms with Gasteiger partial charge >= 0.3 is 0 Å². The predicted molar refractivity (Wildman–Crippen MR) is 95.5 cm³/mol. The highest BCUT2D eigenvalue weighted by Gasteiger charge is 2.25. The number of halogens is 2. The van der Waals surface area contributed by atoms with E-state index in [9.17, 15) is 13.9 Å². The Labute approximate surface area is 142 Å². The zero-order chi connectivity index (χ0) is 18.5. The van der Waals surface area contributed by atoms with Crippen LogP contribution >= 0.6 is 0 Å². The molecule has 2 nitrogen and oxygen atoms in total. The first-order valence-corrected chi connectivity index (χ1v) is 7.97. The van der Waals surface area contributed by atoms with Gasteiger partial charge < -0.3 is 5.11 Å². The second-order valence-electron chi connectivity index (χ2n) is 6.27. The van der Waals surface area contributed by atoms with Crippen LogP contribution in [0.1, 0.15) is 52.3 Å². The highest BCUT2D eigenvalue weighted by molar-refractivity contribution is 5.67. The van der Waals surface area contributed by atoms with Gasteiger partial charge in [0, 0.05) is 11.1 Å². The van der Waals surface area contributed by atoms with Crippen molar-refractivity contribution in [2.75, 3.05) is 0 Å². The van der Waals surface area contributed by atoms with Gasteiger partial charge in [0.2, 0.25) is 0 Å². The number of allylic oxidation sites excluding steroid dienone is 1. The third-order valence-electron chi connectivity index (χ3n) is 3.17. The average Bonchev–Trinajstić information content (AvgIpc) is 2.48. The SMILES string of the molecule is C=C(C)c1cc(C(C)(C)O)c(F)c(-c2ccc(F)cc2)n1.CCC. The molecule has 0 fully saturated rings. The van der Waals surface area contributed by atoms with Gasteiger partial charge in [-0.15, -0.1) is 0 Å². The standard InChI is InChI=1S/C17H17F2NO.C3H8/c1-10(2)14-9-13(17(3,4)21)15(19)16(20-14)11-5-7-12(18)8-6-11;1-3-2/h5-9,21H,1H2,2-4H3;3H2,1-2H3. The molecule has 0 aliphatic carbocycles. The third kappa shape index (κ3) is 4.96. The fourth-order valence-corrected chi connectivity index (χ4v) is 1.99. The van der Waals surface area contributed by atoms with E-state index in [1.165, 1.54) is 50.6 Å². The molecule has 0 aliphatic rings. The number of aromatic nitrogens is 1. The predicted octanol–water partition coefficient (Wildman–Crippen LogP) is 5.70. The summed E-state index contributed by atoms with van der Waals surface area (Å²) in [5.41, 5.74) is 0.452. The van der Waals surface area contributed by atoms with Crippen molar-refractivity contribution in [2.45, 2.75) is 46.6 Å². The zero-order valence-electron chi connectivity index (χ0n) is 15.0. The number of rotatable bonds is 3. The molecule has 1 N–H and O–H groups in total. The number of nitrogens with zero attached hydrogens (tertiary/aromatic N) is 1. The van der Waals surface area contributed by atoms with E-state index in [1.54, 1.807) is 6.92 Å². The summed E-state index contributed by atoms with van der Waals surface area (Å²) >= 11 is 0. The normalized spacial score (nSPS) is 10.8. The molecule has 0 unspecified atom stereocenters. The van der Waals surface area contributed by atoms with Crippen LogP contribution in [0.5, 0.6) is 0 Å². The van der Waals surface area contributed by atoms with Crippen LogP contribution in [0.3, 0.4) is 0 Å². The molecule has 2 rings (SSSR count). The Kier molecular flexibility index (Phi) is 6.79. The molecular formula is C20H25F2NO. The van der Waals surface area contributed by atoms with Crippen molar-refractivity contribution in [1.82, 2.24) is 4.98 Å². The van der Waals surface area contributed by atoms with Crippen LogP contribution in [0.25, 0.3) is 16.8 Å². The van der Waals surface area contributed by atoms with Crippen LogP contribution in [0.4, 0.5) is 8.78 Å². The van der Waals surface area contributed by atoms with E-state index in [4.69, 9.17) is 0 Å². The zero-order valence-corrected chi connectivity index (χ0v) is 15.0. The van der Waals surface area contributed by atoms with Gasteiger partial charge in [-0.3, -0.25) is 0 Å². The number of pyridine rings is 1. The molecule has 4 heteroatoms. The Morgan fingerprint density at radius 1 is 1.17 bits per heavy atom. The van der Waals surface area contributed by atoms with Crippen molar-refractivity contribution in [3.05, 3.63) is 59.8 Å². The Balaban J connectivity index is 0.000000891. The van der Waals surface area contributed by atoms with Crippen LogP contribution in [0, 0.1) is 11.6 Å². The van der Waals surface area contributed by atoms with Crippen LogP contribution in [0.15, 0.2) is 36.9 Å². The van der Waals surface area contributed by atoms with Gasteiger partial charge in [0.05, 0.1) is 11.3 Å². The molecule has 0 radical (unpaired) electrons. The average molecular weight is 333 g/mol. The molecule has 0 saturated carbocycles. The van der Waals surface area contributed by atoms with Crippen LogP contribution < -0.4 is 0 Å². The smallest absolute Gasteiger partial charge is 0.155 e. The summed E-state index contributed by atoms with van der Waals surface area (Å²) < 4.78 is 27.7. The lowest BCUT2D eigenvalue weighted by atomic mass is 9.94. The van der Waals surface area contributed by atoms with E-state index in [1.807, 2.05) is 0 Å². The highest BCUT2D eigenvalue weighted by atomic mass is 19.1. The molecule has 0 aliphatic heterocycles. The summed E-state index contributed by atoms with van der Waals surface area (Å²) in [7, 11) is 0. The molecular weight excluding hydrogens is 308 g/mol. The number of hydrogen-bond acceptors (Lipinski definition) is 2. The first-order chi connectivity index (χ1) is 11.1. The van der Waals surface area contributed by atoms with Crippen molar-refractivity contribution >= 4 is 5.57 Å². The lowest BCUT2D eigenvalue weighted by Gasteiger charge is -2.21. The van der Waals surface area contributed by atoms with Gasteiger partial charge in [-0.25, -0.2) is 13.8 Å². The van der Waals surface area contributed by atoms with Gasteiger partial charge in [-0.05, 0) is 56.7 Å². The summed E-state index contributed by atoms with van der Waals surface area (Å²) in [5, 5.41) is 10.1. The van der Waals surface area contributed by atoms with Gasteiger partial charge in [0.25, 0.3) is 0 Å². The molecule has 1 heterocycles. The second kappa shape index (κ2) is 8.15. The fourth-order valence-electron chi connectivity index (χ4n) is 1.99. The van der Waals surface area contributed by atoms with Crippen molar-refractivity contribution in [3.8, 4) is 11.3 Å². The largest absolute Gasteiger partial charge is 0.386 e. The molecule has 0 saturated heterocycles. The van der Waals surface area contributed by atoms with Gasteiger partial charge in [0.15, 0.2) is 5.82 Å². The fraction of sp³-hybridized carbons (Fsp3) is 0.350. The van der Waals surface area contributed by atoms with Crippen LogP contribution in [-0.4, -0.2) is 10.1 Å². The van der Waals surface area contributed by atoms with Crippen LogP contribution in [-0.2, 0) is 5.60 Å². The van der Waals surface area contributed by atoms with E-state index in [0.717, 1.165) is 0 Å². The number of benzene rings is 1.